The number of imide groups is 1. The molecule has 0 spiro atoms. The molecule has 1 aliphatic rings. The van der Waals surface area contributed by atoms with Gasteiger partial charge in [-0.05, 0) is 37.3 Å². The van der Waals surface area contributed by atoms with Gasteiger partial charge in [-0.3, -0.25) is 19.2 Å². The molecule has 0 saturated carbocycles. The first-order chi connectivity index (χ1) is 15.3. The van der Waals surface area contributed by atoms with Gasteiger partial charge in [0.05, 0.1) is 21.7 Å². The number of halogens is 2. The Labute approximate surface area is 193 Å². The van der Waals surface area contributed by atoms with Gasteiger partial charge in [0.2, 0.25) is 0 Å². The van der Waals surface area contributed by atoms with E-state index in [9.17, 15) is 19.2 Å². The van der Waals surface area contributed by atoms with Gasteiger partial charge in [0, 0.05) is 10.6 Å². The maximum Gasteiger partial charge on any atom is 0.280 e. The Bertz CT molecular complexity index is 1220. The van der Waals surface area contributed by atoms with Crippen molar-refractivity contribution in [3.63, 3.8) is 0 Å². The Hall–Kier alpha value is -3.48. The van der Waals surface area contributed by atoms with Crippen LogP contribution in [-0.4, -0.2) is 39.6 Å². The average Bonchev–Trinajstić information content (AvgIpc) is 3.04. The molecule has 0 radical (unpaired) electrons. The predicted molar refractivity (Wildman–Crippen MR) is 120 cm³/mol. The molecule has 1 heterocycles. The largest absolute Gasteiger partial charge is 0.292 e. The highest BCUT2D eigenvalue weighted by atomic mass is 35.5. The van der Waals surface area contributed by atoms with Crippen molar-refractivity contribution in [2.24, 2.45) is 0 Å². The Morgan fingerprint density at radius 1 is 0.844 bits per heavy atom. The number of nitrogens with zero attached hydrogens (tertiary/aromatic N) is 2. The number of hydrazine groups is 1. The second kappa shape index (κ2) is 8.57. The Balaban J connectivity index is 1.82. The van der Waals surface area contributed by atoms with E-state index >= 15 is 0 Å². The van der Waals surface area contributed by atoms with E-state index in [1.165, 1.54) is 37.3 Å². The van der Waals surface area contributed by atoms with Crippen molar-refractivity contribution < 1.29 is 19.2 Å². The lowest BCUT2D eigenvalue weighted by atomic mass is 10.0. The van der Waals surface area contributed by atoms with Crippen molar-refractivity contribution in [2.45, 2.75) is 13.0 Å². The fraction of sp³-hybridized carbons (Fsp3) is 0.0833. The van der Waals surface area contributed by atoms with Gasteiger partial charge in [-0.15, -0.1) is 0 Å². The zero-order valence-electron chi connectivity index (χ0n) is 16.8. The maximum atomic E-state index is 13.6. The third kappa shape index (κ3) is 3.68. The molecule has 1 atom stereocenters. The molecule has 0 fully saturated rings. The molecule has 3 aromatic carbocycles. The van der Waals surface area contributed by atoms with Crippen molar-refractivity contribution in [3.05, 3.63) is 105 Å². The summed E-state index contributed by atoms with van der Waals surface area (Å²) in [6.07, 6.45) is 0. The van der Waals surface area contributed by atoms with Crippen molar-refractivity contribution >= 4 is 46.7 Å². The Morgan fingerprint density at radius 2 is 1.41 bits per heavy atom. The third-order valence-electron chi connectivity index (χ3n) is 5.16. The molecule has 0 aliphatic carbocycles. The van der Waals surface area contributed by atoms with Crippen LogP contribution in [0.5, 0.6) is 0 Å². The van der Waals surface area contributed by atoms with E-state index < -0.39 is 29.5 Å². The number of benzene rings is 3. The molecule has 6 nitrogen and oxygen atoms in total. The molecule has 0 saturated heterocycles. The van der Waals surface area contributed by atoms with Gasteiger partial charge in [0.1, 0.15) is 6.04 Å². The molecule has 32 heavy (non-hydrogen) atoms. The summed E-state index contributed by atoms with van der Waals surface area (Å²) in [5.74, 6) is -2.62. The van der Waals surface area contributed by atoms with Crippen LogP contribution in [-0.2, 0) is 0 Å². The lowest BCUT2D eigenvalue weighted by Crippen LogP contribution is -2.56. The molecule has 0 aromatic heterocycles. The molecule has 160 valence electrons. The first kappa shape index (κ1) is 21.7. The van der Waals surface area contributed by atoms with Gasteiger partial charge >= 0.3 is 0 Å². The molecule has 0 N–H and O–H groups in total. The van der Waals surface area contributed by atoms with Crippen molar-refractivity contribution in [3.8, 4) is 0 Å². The second-order valence-corrected chi connectivity index (χ2v) is 7.99. The number of rotatable bonds is 5. The van der Waals surface area contributed by atoms with E-state index in [-0.39, 0.29) is 21.7 Å². The zero-order chi connectivity index (χ0) is 23.0. The number of amides is 3. The topological polar surface area (TPSA) is 74.8 Å². The van der Waals surface area contributed by atoms with E-state index in [0.717, 1.165) is 5.01 Å². The number of carbonyl (C=O) groups is 4. The first-order valence-corrected chi connectivity index (χ1v) is 10.4. The highest BCUT2D eigenvalue weighted by molar-refractivity contribution is 6.37. The molecule has 3 aromatic rings. The van der Waals surface area contributed by atoms with Crippen LogP contribution in [0.2, 0.25) is 10.0 Å². The standard InChI is InChI=1S/C24H16Cl2N2O4/c1-14(21(29)15-7-3-2-4-8-15)27(24(32)19-12-11-16(25)13-20(19)26)28-22(30)17-9-5-6-10-18(17)23(28)31/h2-14H,1H3/t14-/m1/s1. The number of ketones is 1. The highest BCUT2D eigenvalue weighted by Gasteiger charge is 2.45. The monoisotopic (exact) mass is 466 g/mol. The molecule has 3 amide bonds. The normalized spacial score (nSPS) is 13.7. The molecule has 1 aliphatic heterocycles. The van der Waals surface area contributed by atoms with Crippen molar-refractivity contribution in [1.82, 2.24) is 10.0 Å². The van der Waals surface area contributed by atoms with Gasteiger partial charge < -0.3 is 0 Å². The molecule has 4 rings (SSSR count). The van der Waals surface area contributed by atoms with Crippen LogP contribution in [0.4, 0.5) is 0 Å². The van der Waals surface area contributed by atoms with E-state index in [1.807, 2.05) is 0 Å². The zero-order valence-corrected chi connectivity index (χ0v) is 18.3. The van der Waals surface area contributed by atoms with Crippen LogP contribution in [0.25, 0.3) is 0 Å². The highest BCUT2D eigenvalue weighted by Crippen LogP contribution is 2.29. The Kier molecular flexibility index (Phi) is 5.82. The molecular formula is C24H16Cl2N2O4. The van der Waals surface area contributed by atoms with Crippen LogP contribution >= 0.6 is 23.2 Å². The van der Waals surface area contributed by atoms with Gasteiger partial charge in [-0.2, -0.15) is 5.01 Å². The first-order valence-electron chi connectivity index (χ1n) is 9.67. The minimum atomic E-state index is -1.18. The van der Waals surface area contributed by atoms with Crippen LogP contribution < -0.4 is 0 Å². The minimum absolute atomic E-state index is 0.000310. The molecule has 8 heteroatoms. The number of hydrogen-bond donors (Lipinski definition) is 0. The quantitative estimate of drug-likeness (QED) is 0.395. The van der Waals surface area contributed by atoms with Crippen LogP contribution in [0.15, 0.2) is 72.8 Å². The van der Waals surface area contributed by atoms with Crippen LogP contribution in [0.1, 0.15) is 48.4 Å². The number of carbonyl (C=O) groups excluding carboxylic acids is 4. The minimum Gasteiger partial charge on any atom is -0.292 e. The predicted octanol–water partition coefficient (Wildman–Crippen LogP) is 4.92. The lowest BCUT2D eigenvalue weighted by Gasteiger charge is -2.34. The van der Waals surface area contributed by atoms with E-state index in [0.29, 0.717) is 15.6 Å². The number of fused-ring (bicyclic) bond motifs is 1. The maximum absolute atomic E-state index is 13.6. The summed E-state index contributed by atoms with van der Waals surface area (Å²) in [6, 6.07) is 17.6. The van der Waals surface area contributed by atoms with E-state index in [2.05, 4.69) is 0 Å². The lowest BCUT2D eigenvalue weighted by molar-refractivity contribution is -0.00680. The summed E-state index contributed by atoms with van der Waals surface area (Å²) < 4.78 is 0. The summed E-state index contributed by atoms with van der Waals surface area (Å²) in [7, 11) is 0. The molecule has 0 unspecified atom stereocenters. The van der Waals surface area contributed by atoms with Crippen LogP contribution in [0.3, 0.4) is 0 Å². The summed E-state index contributed by atoms with van der Waals surface area (Å²) in [6.45, 7) is 1.46. The summed E-state index contributed by atoms with van der Waals surface area (Å²) in [5, 5.41) is 1.93. The third-order valence-corrected chi connectivity index (χ3v) is 5.71. The van der Waals surface area contributed by atoms with Gasteiger partial charge in [-0.25, -0.2) is 5.01 Å². The fourth-order valence-corrected chi connectivity index (χ4v) is 4.04. The SMILES string of the molecule is C[C@H](C(=O)c1ccccc1)N(C(=O)c1ccc(Cl)cc1Cl)N1C(=O)c2ccccc2C1=O. The van der Waals surface area contributed by atoms with Crippen molar-refractivity contribution in [2.75, 3.05) is 0 Å². The summed E-state index contributed by atoms with van der Waals surface area (Å²) in [4.78, 5) is 53.1. The summed E-state index contributed by atoms with van der Waals surface area (Å²) >= 11 is 12.2. The second-order valence-electron chi connectivity index (χ2n) is 7.15. The number of Topliss-reactive ketones (excluding diaryl/α,β-unsaturated/α-hetero) is 1. The fourth-order valence-electron chi connectivity index (χ4n) is 3.55. The smallest absolute Gasteiger partial charge is 0.280 e. The van der Waals surface area contributed by atoms with Gasteiger partial charge in [-0.1, -0.05) is 65.7 Å². The van der Waals surface area contributed by atoms with E-state index in [1.54, 1.807) is 42.5 Å². The average molecular weight is 467 g/mol. The molecule has 0 bridgehead atoms. The van der Waals surface area contributed by atoms with Crippen molar-refractivity contribution in [1.29, 1.82) is 0 Å². The number of hydrogen-bond acceptors (Lipinski definition) is 4. The van der Waals surface area contributed by atoms with Crippen LogP contribution in [0, 0.1) is 0 Å². The van der Waals surface area contributed by atoms with Gasteiger partial charge in [0.15, 0.2) is 5.78 Å². The van der Waals surface area contributed by atoms with E-state index in [4.69, 9.17) is 23.2 Å². The molecular weight excluding hydrogens is 451 g/mol. The Morgan fingerprint density at radius 3 is 1.97 bits per heavy atom. The van der Waals surface area contributed by atoms with Gasteiger partial charge in [0.25, 0.3) is 17.7 Å². The summed E-state index contributed by atoms with van der Waals surface area (Å²) in [5.41, 5.74) is 0.630.